The Kier molecular flexibility index (Phi) is 13.8. The monoisotopic (exact) mass is 521 g/mol. The van der Waals surface area contributed by atoms with Gasteiger partial charge in [-0.1, -0.05) is 6.07 Å². The van der Waals surface area contributed by atoms with Crippen molar-refractivity contribution < 1.29 is 38.2 Å². The molecule has 13 nitrogen and oxygen atoms in total. The van der Waals surface area contributed by atoms with Crippen molar-refractivity contribution in [2.24, 2.45) is 5.73 Å². The summed E-state index contributed by atoms with van der Waals surface area (Å²) in [6, 6.07) is 4.23. The first-order valence-corrected chi connectivity index (χ1v) is 12.0. The zero-order valence-electron chi connectivity index (χ0n) is 20.7. The number of nitrogens with zero attached hydrogens (tertiary/aromatic N) is 1. The van der Waals surface area contributed by atoms with Crippen molar-refractivity contribution in [2.75, 3.05) is 64.6 Å². The standard InChI is InChI=1S/C24H35N5O8/c25-22(32)5-4-18(16-30)29-15-20-19(24(29)34)2-1-3-21(20)28-23(33)14-26-6-8-35-10-12-37-13-11-36-9-7-27-17-31/h1-3,16-18,26H,4-15H2,(H2,25,32)(H,27,31)(H,28,33). The van der Waals surface area contributed by atoms with E-state index in [1.165, 1.54) is 4.90 Å². The predicted octanol–water partition coefficient (Wildman–Crippen LogP) is -1.20. The molecule has 1 aliphatic rings. The second kappa shape index (κ2) is 17.1. The van der Waals surface area contributed by atoms with E-state index in [-0.39, 0.29) is 37.7 Å². The molecule has 1 heterocycles. The van der Waals surface area contributed by atoms with Gasteiger partial charge in [0.05, 0.1) is 52.2 Å². The minimum Gasteiger partial charge on any atom is -0.378 e. The van der Waals surface area contributed by atoms with Crippen LogP contribution in [0.3, 0.4) is 0 Å². The Morgan fingerprint density at radius 2 is 1.70 bits per heavy atom. The fourth-order valence-corrected chi connectivity index (χ4v) is 3.60. The Morgan fingerprint density at radius 3 is 2.35 bits per heavy atom. The zero-order chi connectivity index (χ0) is 26.9. The smallest absolute Gasteiger partial charge is 0.255 e. The Morgan fingerprint density at radius 1 is 1.03 bits per heavy atom. The number of hydrogen-bond acceptors (Lipinski definition) is 9. The molecule has 0 bridgehead atoms. The number of amides is 4. The number of nitrogens with two attached hydrogens (primary N) is 1. The van der Waals surface area contributed by atoms with E-state index in [2.05, 4.69) is 16.0 Å². The minimum absolute atomic E-state index is 0.00710. The lowest BCUT2D eigenvalue weighted by Gasteiger charge is -2.22. The van der Waals surface area contributed by atoms with Crippen LogP contribution in [-0.2, 0) is 39.9 Å². The van der Waals surface area contributed by atoms with Crippen molar-refractivity contribution in [3.8, 4) is 0 Å². The number of carbonyl (C=O) groups is 5. The van der Waals surface area contributed by atoms with Crippen LogP contribution in [0, 0.1) is 0 Å². The van der Waals surface area contributed by atoms with E-state index in [4.69, 9.17) is 19.9 Å². The van der Waals surface area contributed by atoms with Gasteiger partial charge in [0.2, 0.25) is 18.2 Å². The molecule has 37 heavy (non-hydrogen) atoms. The first-order valence-electron chi connectivity index (χ1n) is 12.0. The molecule has 0 spiro atoms. The van der Waals surface area contributed by atoms with Gasteiger partial charge in [-0.05, 0) is 18.6 Å². The number of ether oxygens (including phenoxy) is 3. The molecule has 0 saturated heterocycles. The first kappa shape index (κ1) is 29.8. The second-order valence-corrected chi connectivity index (χ2v) is 8.11. The second-order valence-electron chi connectivity index (χ2n) is 8.11. The summed E-state index contributed by atoms with van der Waals surface area (Å²) in [5, 5.41) is 8.28. The largest absolute Gasteiger partial charge is 0.378 e. The minimum atomic E-state index is -0.770. The van der Waals surface area contributed by atoms with E-state index in [0.717, 1.165) is 0 Å². The predicted molar refractivity (Wildman–Crippen MR) is 133 cm³/mol. The molecule has 13 heteroatoms. The average molecular weight is 522 g/mol. The quantitative estimate of drug-likeness (QED) is 0.114. The molecule has 4 amide bonds. The van der Waals surface area contributed by atoms with E-state index in [1.54, 1.807) is 18.2 Å². The van der Waals surface area contributed by atoms with Crippen molar-refractivity contribution in [3.63, 3.8) is 0 Å². The highest BCUT2D eigenvalue weighted by Crippen LogP contribution is 2.31. The van der Waals surface area contributed by atoms with Crippen molar-refractivity contribution in [3.05, 3.63) is 29.3 Å². The first-order chi connectivity index (χ1) is 18.0. The van der Waals surface area contributed by atoms with Crippen LogP contribution < -0.4 is 21.7 Å². The van der Waals surface area contributed by atoms with Crippen LogP contribution >= 0.6 is 0 Å². The van der Waals surface area contributed by atoms with Crippen molar-refractivity contribution >= 4 is 36.1 Å². The molecule has 5 N–H and O–H groups in total. The summed E-state index contributed by atoms with van der Waals surface area (Å²) in [5.41, 5.74) is 6.70. The zero-order valence-corrected chi connectivity index (χ0v) is 20.7. The van der Waals surface area contributed by atoms with E-state index < -0.39 is 11.9 Å². The molecule has 2 rings (SSSR count). The van der Waals surface area contributed by atoms with E-state index in [1.807, 2.05) is 0 Å². The number of anilines is 1. The number of benzene rings is 1. The Bertz CT molecular complexity index is 913. The maximum atomic E-state index is 12.8. The normalized spacial score (nSPS) is 13.2. The molecule has 1 aromatic rings. The summed E-state index contributed by atoms with van der Waals surface area (Å²) >= 11 is 0. The van der Waals surface area contributed by atoms with Crippen molar-refractivity contribution in [1.29, 1.82) is 0 Å². The van der Waals surface area contributed by atoms with Crippen molar-refractivity contribution in [2.45, 2.75) is 25.4 Å². The third-order valence-electron chi connectivity index (χ3n) is 5.44. The van der Waals surface area contributed by atoms with E-state index >= 15 is 0 Å². The van der Waals surface area contributed by atoms with Gasteiger partial charge in [0.1, 0.15) is 6.29 Å². The highest BCUT2D eigenvalue weighted by atomic mass is 16.5. The molecule has 1 aromatic carbocycles. The van der Waals surface area contributed by atoms with Gasteiger partial charge in [-0.25, -0.2) is 0 Å². The van der Waals surface area contributed by atoms with Gasteiger partial charge < -0.3 is 45.6 Å². The highest BCUT2D eigenvalue weighted by molar-refractivity contribution is 6.03. The van der Waals surface area contributed by atoms with E-state index in [0.29, 0.717) is 82.2 Å². The van der Waals surface area contributed by atoms with Crippen LogP contribution in [0.2, 0.25) is 0 Å². The lowest BCUT2D eigenvalue weighted by atomic mass is 10.1. The maximum absolute atomic E-state index is 12.8. The summed E-state index contributed by atoms with van der Waals surface area (Å²) in [6.07, 6.45) is 1.39. The molecular weight excluding hydrogens is 486 g/mol. The number of aldehydes is 1. The third-order valence-corrected chi connectivity index (χ3v) is 5.44. The number of fused-ring (bicyclic) bond motifs is 1. The number of nitrogens with one attached hydrogen (secondary N) is 3. The highest BCUT2D eigenvalue weighted by Gasteiger charge is 2.34. The molecule has 1 aliphatic heterocycles. The van der Waals surface area contributed by atoms with Gasteiger partial charge in [0.15, 0.2) is 0 Å². The number of rotatable bonds is 21. The summed E-state index contributed by atoms with van der Waals surface area (Å²) in [6.45, 7) is 3.63. The lowest BCUT2D eigenvalue weighted by molar-refractivity contribution is -0.119. The molecule has 0 fully saturated rings. The Hall–Kier alpha value is -3.39. The average Bonchev–Trinajstić information content (AvgIpc) is 3.21. The van der Waals surface area contributed by atoms with Gasteiger partial charge in [0.25, 0.3) is 5.91 Å². The van der Waals surface area contributed by atoms with Gasteiger partial charge in [-0.15, -0.1) is 0 Å². The van der Waals surface area contributed by atoms with Crippen molar-refractivity contribution in [1.82, 2.24) is 15.5 Å². The third kappa shape index (κ3) is 10.6. The summed E-state index contributed by atoms with van der Waals surface area (Å²) in [4.78, 5) is 59.2. The number of hydrogen-bond donors (Lipinski definition) is 4. The maximum Gasteiger partial charge on any atom is 0.255 e. The van der Waals surface area contributed by atoms with Crippen LogP contribution in [0.4, 0.5) is 5.69 Å². The lowest BCUT2D eigenvalue weighted by Crippen LogP contribution is -2.37. The van der Waals surface area contributed by atoms with Gasteiger partial charge in [-0.3, -0.25) is 19.2 Å². The fourth-order valence-electron chi connectivity index (χ4n) is 3.60. The number of primary amides is 1. The summed E-state index contributed by atoms with van der Waals surface area (Å²) in [5.74, 6) is -1.16. The molecule has 204 valence electrons. The number of carbonyl (C=O) groups excluding carboxylic acids is 5. The fraction of sp³-hybridized carbons (Fsp3) is 0.542. The molecule has 0 aliphatic carbocycles. The molecule has 1 atom stereocenters. The molecule has 0 radical (unpaired) electrons. The summed E-state index contributed by atoms with van der Waals surface area (Å²) in [7, 11) is 0. The molecule has 0 saturated carbocycles. The van der Waals surface area contributed by atoms with Crippen LogP contribution in [-0.4, -0.2) is 101 Å². The molecule has 0 aromatic heterocycles. The summed E-state index contributed by atoms with van der Waals surface area (Å²) < 4.78 is 16.0. The van der Waals surface area contributed by atoms with Crippen LogP contribution in [0.1, 0.15) is 28.8 Å². The Balaban J connectivity index is 1.63. The molecule has 1 unspecified atom stereocenters. The van der Waals surface area contributed by atoms with Gasteiger partial charge in [0, 0.05) is 42.9 Å². The van der Waals surface area contributed by atoms with Gasteiger partial charge >= 0.3 is 0 Å². The SMILES string of the molecule is NC(=O)CCC(C=O)N1Cc2c(NC(=O)CNCCOCCOCCOCCNC=O)cccc2C1=O. The van der Waals surface area contributed by atoms with Crippen LogP contribution in [0.5, 0.6) is 0 Å². The Labute approximate surface area is 215 Å². The van der Waals surface area contributed by atoms with E-state index in [9.17, 15) is 24.0 Å². The van der Waals surface area contributed by atoms with Gasteiger partial charge in [-0.2, -0.15) is 0 Å². The van der Waals surface area contributed by atoms with Crippen LogP contribution in [0.15, 0.2) is 18.2 Å². The topological polar surface area (TPSA) is 178 Å². The van der Waals surface area contributed by atoms with Crippen LogP contribution in [0.25, 0.3) is 0 Å². The molecular formula is C24H35N5O8.